The molecule has 1 aromatic heterocycles. The van der Waals surface area contributed by atoms with Crippen LogP contribution in [0.5, 0.6) is 0 Å². The average molecular weight is 756 g/mol. The minimum atomic E-state index is -1.15. The van der Waals surface area contributed by atoms with Crippen LogP contribution in [0, 0.1) is 0 Å². The van der Waals surface area contributed by atoms with Crippen LogP contribution in [0.1, 0.15) is 66.3 Å². The highest BCUT2D eigenvalue weighted by Crippen LogP contribution is 2.51. The van der Waals surface area contributed by atoms with Gasteiger partial charge in [0.2, 0.25) is 0 Å². The number of benzene rings is 4. The number of aliphatic carboxylic acids is 1. The van der Waals surface area contributed by atoms with Gasteiger partial charge >= 0.3 is 5.97 Å². The van der Waals surface area contributed by atoms with Gasteiger partial charge in [-0.25, -0.2) is 0 Å². The lowest BCUT2D eigenvalue weighted by Gasteiger charge is -2.33. The third-order valence-corrected chi connectivity index (χ3v) is 13.0. The second-order valence-corrected chi connectivity index (χ2v) is 16.2. The van der Waals surface area contributed by atoms with Gasteiger partial charge < -0.3 is 10.0 Å². The van der Waals surface area contributed by atoms with Gasteiger partial charge in [-0.1, -0.05) is 116 Å². The maximum Gasteiger partial charge on any atom is 0.323 e. The number of thiazole rings is 1. The maximum absolute atomic E-state index is 13.7. The lowest BCUT2D eigenvalue weighted by Crippen LogP contribution is -2.35. The molecule has 1 saturated carbocycles. The number of anilines is 2. The Bertz CT molecular complexity index is 2410. The Morgan fingerprint density at radius 2 is 1.55 bits per heavy atom. The van der Waals surface area contributed by atoms with E-state index in [-0.39, 0.29) is 5.91 Å². The van der Waals surface area contributed by atoms with Gasteiger partial charge in [0.25, 0.3) is 11.5 Å². The molecule has 8 rings (SSSR count). The number of carbonyl (C=O) groups is 2. The van der Waals surface area contributed by atoms with Gasteiger partial charge in [0, 0.05) is 29.9 Å². The van der Waals surface area contributed by atoms with Crippen LogP contribution in [0.25, 0.3) is 22.6 Å². The molecule has 1 N–H and O–H groups in total. The largest absolute Gasteiger partial charge is 0.480 e. The fourth-order valence-electron chi connectivity index (χ4n) is 7.86. The maximum atomic E-state index is 13.7. The van der Waals surface area contributed by atoms with Gasteiger partial charge in [-0.2, -0.15) is 0 Å². The monoisotopic (exact) mass is 755 g/mol. The van der Waals surface area contributed by atoms with Gasteiger partial charge in [-0.05, 0) is 89.6 Å². The van der Waals surface area contributed by atoms with Gasteiger partial charge in [0.1, 0.15) is 20.4 Å². The molecular weight excluding hydrogens is 719 g/mol. The first-order valence-electron chi connectivity index (χ1n) is 17.9. The van der Waals surface area contributed by atoms with E-state index in [1.54, 1.807) is 0 Å². The molecule has 7 nitrogen and oxygen atoms in total. The van der Waals surface area contributed by atoms with Gasteiger partial charge in [-0.3, -0.25) is 23.9 Å². The van der Waals surface area contributed by atoms with Crippen molar-refractivity contribution in [1.82, 2.24) is 9.47 Å². The molecule has 3 aliphatic rings. The molecule has 1 aliphatic carbocycles. The third kappa shape index (κ3) is 6.71. The summed E-state index contributed by atoms with van der Waals surface area (Å²) in [5, 5.41) is 9.65. The first-order chi connectivity index (χ1) is 25.8. The Labute approximate surface area is 321 Å². The van der Waals surface area contributed by atoms with Crippen LogP contribution in [0.4, 0.5) is 11.4 Å². The SMILES string of the molecule is CCN1C(=O)/C(=c2/s/c(=C/c3ccc4c(c3)[C@H]3CCCC[C@H]3N4c3ccc(C=C(c4ccccc4)c4ccccc4)cc3)c(=O)n2CC(=O)O)SC1=S. The molecule has 2 aliphatic heterocycles. The van der Waals surface area contributed by atoms with Crippen LogP contribution < -0.4 is 19.7 Å². The molecule has 5 aromatic rings. The molecule has 1 amide bonds. The first kappa shape index (κ1) is 35.0. The Balaban J connectivity index is 1.16. The van der Waals surface area contributed by atoms with E-state index in [4.69, 9.17) is 12.2 Å². The van der Waals surface area contributed by atoms with Crippen molar-refractivity contribution in [3.05, 3.63) is 150 Å². The Morgan fingerprint density at radius 3 is 2.19 bits per heavy atom. The number of carboxylic acids is 1. The summed E-state index contributed by atoms with van der Waals surface area (Å²) in [6.07, 6.45) is 8.62. The fraction of sp³-hybridized carbons (Fsp3) is 0.209. The van der Waals surface area contributed by atoms with Crippen molar-refractivity contribution in [1.29, 1.82) is 0 Å². The lowest BCUT2D eigenvalue weighted by atomic mass is 9.82. The van der Waals surface area contributed by atoms with Gasteiger partial charge in [0.15, 0.2) is 0 Å². The minimum absolute atomic E-state index is 0.298. The van der Waals surface area contributed by atoms with Crippen molar-refractivity contribution in [2.75, 3.05) is 11.4 Å². The van der Waals surface area contributed by atoms with Crippen molar-refractivity contribution < 1.29 is 14.7 Å². The normalized spacial score (nSPS) is 19.4. The Morgan fingerprint density at radius 1 is 0.887 bits per heavy atom. The quantitative estimate of drug-likeness (QED) is 0.129. The number of hydrogen-bond acceptors (Lipinski definition) is 7. The van der Waals surface area contributed by atoms with Crippen molar-refractivity contribution in [2.24, 2.45) is 0 Å². The van der Waals surface area contributed by atoms with Gasteiger partial charge in [-0.15, -0.1) is 11.3 Å². The number of carbonyl (C=O) groups excluding carboxylic acids is 1. The molecule has 53 heavy (non-hydrogen) atoms. The first-order valence-corrected chi connectivity index (χ1v) is 19.9. The summed E-state index contributed by atoms with van der Waals surface area (Å²) in [4.78, 5) is 42.9. The number of thiocarbonyl (C=S) groups is 1. The summed E-state index contributed by atoms with van der Waals surface area (Å²) in [6, 6.07) is 36.5. The second-order valence-electron chi connectivity index (χ2n) is 13.5. The summed E-state index contributed by atoms with van der Waals surface area (Å²) in [7, 11) is 0. The molecule has 3 heterocycles. The topological polar surface area (TPSA) is 82.9 Å². The zero-order chi connectivity index (χ0) is 36.6. The standard InChI is InChI=1S/C43H37N3O4S3/c1-2-44-41(50)39(53-43(44)51)42-45(26-38(47)48)40(49)37(52-42)25-28-19-22-36-34(24-28)32-15-9-10-16-35(32)46(36)31-20-17-27(18-21-31)23-33(29-11-5-3-6-12-29)30-13-7-4-8-14-30/h3-8,11-14,17-25,32,35H,2,9-10,15-16,26H2,1H3,(H,47,48)/b37-25+,42-39-/t32-,35-/m1/s1. The van der Waals surface area contributed by atoms with E-state index >= 15 is 0 Å². The Hall–Kier alpha value is -5.03. The highest BCUT2D eigenvalue weighted by molar-refractivity contribution is 8.30. The van der Waals surface area contributed by atoms with E-state index in [2.05, 4.69) is 95.9 Å². The van der Waals surface area contributed by atoms with Gasteiger partial charge in [0.05, 0.1) is 4.53 Å². The summed E-state index contributed by atoms with van der Waals surface area (Å²) in [5.74, 6) is -1.09. The predicted octanol–water partition coefficient (Wildman–Crippen LogP) is 7.58. The van der Waals surface area contributed by atoms with Crippen LogP contribution in [0.3, 0.4) is 0 Å². The molecule has 266 valence electrons. The molecule has 2 atom stereocenters. The Kier molecular flexibility index (Phi) is 9.76. The van der Waals surface area contributed by atoms with Crippen molar-refractivity contribution >= 4 is 85.5 Å². The summed E-state index contributed by atoms with van der Waals surface area (Å²) in [6.45, 7) is 1.70. The number of rotatable bonds is 8. The van der Waals surface area contributed by atoms with Crippen LogP contribution in [0.15, 0.2) is 108 Å². The summed E-state index contributed by atoms with van der Waals surface area (Å²) >= 11 is 7.66. The number of nitrogens with zero attached hydrogens (tertiary/aromatic N) is 3. The van der Waals surface area contributed by atoms with Crippen LogP contribution in [0.2, 0.25) is 0 Å². The number of amides is 1. The van der Waals surface area contributed by atoms with Crippen LogP contribution in [-0.2, 0) is 16.1 Å². The van der Waals surface area contributed by atoms with E-state index in [0.717, 1.165) is 52.8 Å². The molecule has 0 spiro atoms. The molecule has 1 saturated heterocycles. The number of carboxylic acid groups (broad SMARTS) is 1. The van der Waals surface area contributed by atoms with E-state index < -0.39 is 18.1 Å². The average Bonchev–Trinajstić information content (AvgIpc) is 3.78. The molecule has 0 unspecified atom stereocenters. The number of hydrogen-bond donors (Lipinski definition) is 1. The molecule has 10 heteroatoms. The zero-order valence-corrected chi connectivity index (χ0v) is 31.6. The van der Waals surface area contributed by atoms with E-state index in [1.165, 1.54) is 50.3 Å². The fourth-order valence-corrected chi connectivity index (χ4v) is 10.5. The van der Waals surface area contributed by atoms with Crippen molar-refractivity contribution in [3.63, 3.8) is 0 Å². The van der Waals surface area contributed by atoms with Crippen LogP contribution >= 0.6 is 35.3 Å². The summed E-state index contributed by atoms with van der Waals surface area (Å²) in [5.41, 5.74) is 8.70. The molecule has 2 fully saturated rings. The number of fused-ring (bicyclic) bond motifs is 3. The predicted molar refractivity (Wildman–Crippen MR) is 220 cm³/mol. The highest BCUT2D eigenvalue weighted by Gasteiger charge is 2.40. The molecule has 4 aromatic carbocycles. The highest BCUT2D eigenvalue weighted by atomic mass is 32.2. The molecule has 0 radical (unpaired) electrons. The minimum Gasteiger partial charge on any atom is -0.480 e. The van der Waals surface area contributed by atoms with Crippen molar-refractivity contribution in [3.8, 4) is 0 Å². The van der Waals surface area contributed by atoms with E-state index in [0.29, 0.717) is 36.9 Å². The molecular formula is C43H37N3O4S3. The smallest absolute Gasteiger partial charge is 0.323 e. The van der Waals surface area contributed by atoms with E-state index in [1.807, 2.05) is 31.2 Å². The van der Waals surface area contributed by atoms with E-state index in [9.17, 15) is 19.5 Å². The summed E-state index contributed by atoms with van der Waals surface area (Å²) < 4.78 is 2.30. The van der Waals surface area contributed by atoms with Crippen LogP contribution in [-0.4, -0.2) is 43.4 Å². The van der Waals surface area contributed by atoms with Crippen molar-refractivity contribution in [2.45, 2.75) is 51.1 Å². The second kappa shape index (κ2) is 14.8. The zero-order valence-electron chi connectivity index (χ0n) is 29.1. The lowest BCUT2D eigenvalue weighted by molar-refractivity contribution is -0.137. The number of aromatic nitrogens is 1. The third-order valence-electron chi connectivity index (χ3n) is 10.3. The molecule has 0 bridgehead atoms. The number of thioether (sulfide) groups is 1.